The maximum Gasteiger partial charge on any atom is 0.232 e. The van der Waals surface area contributed by atoms with Crippen LogP contribution in [-0.4, -0.2) is 38.2 Å². The van der Waals surface area contributed by atoms with Crippen LogP contribution in [-0.2, 0) is 13.1 Å². The minimum absolute atomic E-state index is 0.115. The molecule has 0 bridgehead atoms. The Morgan fingerprint density at radius 1 is 1.03 bits per heavy atom. The lowest BCUT2D eigenvalue weighted by Crippen LogP contribution is -2.31. The average molecular weight is 488 g/mol. The average Bonchev–Trinajstić information content (AvgIpc) is 3.22. The van der Waals surface area contributed by atoms with Gasteiger partial charge in [0, 0.05) is 13.1 Å². The largest absolute Gasteiger partial charge is 0.494 e. The van der Waals surface area contributed by atoms with E-state index in [0.717, 1.165) is 33.8 Å². The molecule has 3 aromatic carbocycles. The van der Waals surface area contributed by atoms with Crippen molar-refractivity contribution in [3.8, 4) is 28.7 Å². The fourth-order valence-electron chi connectivity index (χ4n) is 4.59. The van der Waals surface area contributed by atoms with E-state index in [9.17, 15) is 4.79 Å². The molecule has 2 aliphatic heterocycles. The standard InChI is InChI=1S/C29H29NO6/c1-5-34-21-9-6-19(7-10-21)13-26-28(31)27-18(2)12-24-22(29(27)36-26)16-30(17-35-24)15-20-8-11-23(32-3)25(14-20)33-4/h6-14H,5,15-17H2,1-4H3/b26-13-. The fourth-order valence-corrected chi connectivity index (χ4v) is 4.59. The second-order valence-corrected chi connectivity index (χ2v) is 8.77. The van der Waals surface area contributed by atoms with Crippen LogP contribution in [0.25, 0.3) is 6.08 Å². The molecular weight excluding hydrogens is 458 g/mol. The number of carbonyl (C=O) groups excluding carboxylic acids is 1. The quantitative estimate of drug-likeness (QED) is 0.415. The molecule has 186 valence electrons. The summed E-state index contributed by atoms with van der Waals surface area (Å²) in [5.74, 6) is 3.70. The molecule has 0 saturated carbocycles. The number of rotatable bonds is 7. The second kappa shape index (κ2) is 9.95. The van der Waals surface area contributed by atoms with Gasteiger partial charge in [-0.05, 0) is 66.9 Å². The minimum Gasteiger partial charge on any atom is -0.494 e. The van der Waals surface area contributed by atoms with Crippen LogP contribution in [0.2, 0.25) is 0 Å². The molecule has 0 unspecified atom stereocenters. The van der Waals surface area contributed by atoms with E-state index in [1.807, 2.05) is 62.4 Å². The van der Waals surface area contributed by atoms with Gasteiger partial charge in [-0.15, -0.1) is 0 Å². The highest BCUT2D eigenvalue weighted by molar-refractivity contribution is 6.15. The smallest absolute Gasteiger partial charge is 0.232 e. The highest BCUT2D eigenvalue weighted by Crippen LogP contribution is 2.44. The Labute approximate surface area is 210 Å². The first-order valence-electron chi connectivity index (χ1n) is 11.9. The van der Waals surface area contributed by atoms with Crippen LogP contribution in [0.1, 0.15) is 39.5 Å². The summed E-state index contributed by atoms with van der Waals surface area (Å²) in [4.78, 5) is 15.4. The first kappa shape index (κ1) is 23.8. The number of nitrogens with zero attached hydrogens (tertiary/aromatic N) is 1. The maximum absolute atomic E-state index is 13.3. The van der Waals surface area contributed by atoms with E-state index in [4.69, 9.17) is 23.7 Å². The molecule has 36 heavy (non-hydrogen) atoms. The Bertz CT molecular complexity index is 1330. The van der Waals surface area contributed by atoms with Crippen molar-refractivity contribution >= 4 is 11.9 Å². The predicted molar refractivity (Wildman–Crippen MR) is 136 cm³/mol. The van der Waals surface area contributed by atoms with E-state index in [2.05, 4.69) is 4.90 Å². The van der Waals surface area contributed by atoms with E-state index in [1.165, 1.54) is 0 Å². The van der Waals surface area contributed by atoms with Crippen LogP contribution in [0.15, 0.2) is 54.3 Å². The molecule has 0 saturated heterocycles. The molecule has 0 aromatic heterocycles. The Hall–Kier alpha value is -3.97. The summed E-state index contributed by atoms with van der Waals surface area (Å²) >= 11 is 0. The number of benzene rings is 3. The Kier molecular flexibility index (Phi) is 6.57. The lowest BCUT2D eigenvalue weighted by molar-refractivity contribution is 0.0871. The van der Waals surface area contributed by atoms with Crippen molar-refractivity contribution in [2.45, 2.75) is 26.9 Å². The minimum atomic E-state index is -0.115. The Morgan fingerprint density at radius 3 is 2.53 bits per heavy atom. The molecule has 5 rings (SSSR count). The zero-order chi connectivity index (χ0) is 25.2. The van der Waals surface area contributed by atoms with E-state index in [0.29, 0.717) is 55.0 Å². The number of ketones is 1. The van der Waals surface area contributed by atoms with Crippen molar-refractivity contribution < 1.29 is 28.5 Å². The van der Waals surface area contributed by atoms with Gasteiger partial charge in [-0.3, -0.25) is 9.69 Å². The lowest BCUT2D eigenvalue weighted by Gasteiger charge is -2.30. The van der Waals surface area contributed by atoms with Gasteiger partial charge in [-0.1, -0.05) is 18.2 Å². The van der Waals surface area contributed by atoms with Gasteiger partial charge in [-0.25, -0.2) is 0 Å². The number of allylic oxidation sites excluding steroid dienone is 1. The van der Waals surface area contributed by atoms with Gasteiger partial charge >= 0.3 is 0 Å². The van der Waals surface area contributed by atoms with E-state index in [1.54, 1.807) is 20.3 Å². The summed E-state index contributed by atoms with van der Waals surface area (Å²) in [5.41, 5.74) is 4.26. The van der Waals surface area contributed by atoms with Gasteiger partial charge in [0.15, 0.2) is 17.3 Å². The van der Waals surface area contributed by atoms with E-state index in [-0.39, 0.29) is 5.78 Å². The number of hydrogen-bond acceptors (Lipinski definition) is 7. The van der Waals surface area contributed by atoms with Crippen LogP contribution in [0.5, 0.6) is 28.7 Å². The second-order valence-electron chi connectivity index (χ2n) is 8.77. The summed E-state index contributed by atoms with van der Waals surface area (Å²) in [6.07, 6.45) is 1.77. The Morgan fingerprint density at radius 2 is 1.81 bits per heavy atom. The molecule has 0 spiro atoms. The lowest BCUT2D eigenvalue weighted by atomic mass is 9.98. The summed E-state index contributed by atoms with van der Waals surface area (Å²) in [6.45, 7) is 6.13. The van der Waals surface area contributed by atoms with Crippen molar-refractivity contribution in [1.29, 1.82) is 0 Å². The topological polar surface area (TPSA) is 66.5 Å². The number of methoxy groups -OCH3 is 2. The van der Waals surface area contributed by atoms with E-state index >= 15 is 0 Å². The number of hydrogen-bond donors (Lipinski definition) is 0. The van der Waals surface area contributed by atoms with Crippen molar-refractivity contribution in [3.05, 3.63) is 82.1 Å². The third-order valence-corrected chi connectivity index (χ3v) is 6.33. The fraction of sp³-hybridized carbons (Fsp3) is 0.276. The van der Waals surface area contributed by atoms with Crippen molar-refractivity contribution in [2.75, 3.05) is 27.6 Å². The molecule has 3 aromatic rings. The first-order chi connectivity index (χ1) is 17.5. The molecule has 7 heteroatoms. The van der Waals surface area contributed by atoms with Gasteiger partial charge in [0.05, 0.1) is 32.0 Å². The Balaban J connectivity index is 1.40. The number of aryl methyl sites for hydroxylation is 1. The molecule has 2 aliphatic rings. The molecule has 0 N–H and O–H groups in total. The molecule has 0 atom stereocenters. The molecule has 0 aliphatic carbocycles. The molecule has 0 radical (unpaired) electrons. The zero-order valence-corrected chi connectivity index (χ0v) is 20.9. The highest BCUT2D eigenvalue weighted by Gasteiger charge is 2.35. The predicted octanol–water partition coefficient (Wildman–Crippen LogP) is 5.38. The normalized spacial score (nSPS) is 15.7. The van der Waals surface area contributed by atoms with Gasteiger partial charge < -0.3 is 23.7 Å². The molecule has 7 nitrogen and oxygen atoms in total. The van der Waals surface area contributed by atoms with Crippen LogP contribution >= 0.6 is 0 Å². The van der Waals surface area contributed by atoms with Gasteiger partial charge in [-0.2, -0.15) is 0 Å². The maximum atomic E-state index is 13.3. The zero-order valence-electron chi connectivity index (χ0n) is 20.9. The summed E-state index contributed by atoms with van der Waals surface area (Å²) in [5, 5.41) is 0. The van der Waals surface area contributed by atoms with Crippen LogP contribution < -0.4 is 23.7 Å². The number of ether oxygens (including phenoxy) is 5. The van der Waals surface area contributed by atoms with Crippen molar-refractivity contribution in [2.24, 2.45) is 0 Å². The highest BCUT2D eigenvalue weighted by atomic mass is 16.5. The van der Waals surface area contributed by atoms with Gasteiger partial charge in [0.25, 0.3) is 0 Å². The summed E-state index contributed by atoms with van der Waals surface area (Å²) < 4.78 is 28.6. The summed E-state index contributed by atoms with van der Waals surface area (Å²) in [7, 11) is 3.25. The van der Waals surface area contributed by atoms with Crippen LogP contribution in [0.4, 0.5) is 0 Å². The number of Topliss-reactive ketones (excluding diaryl/α,β-unsaturated/α-hetero) is 1. The first-order valence-corrected chi connectivity index (χ1v) is 11.9. The van der Waals surface area contributed by atoms with Gasteiger partial charge in [0.1, 0.15) is 24.0 Å². The SMILES string of the molecule is CCOc1ccc(/C=C2\Oc3c4c(cc(C)c3C2=O)OCN(Cc2ccc(OC)c(OC)c2)C4)cc1. The molecule has 0 amide bonds. The van der Waals surface area contributed by atoms with Gasteiger partial charge in [0.2, 0.25) is 5.78 Å². The summed E-state index contributed by atoms with van der Waals surface area (Å²) in [6, 6.07) is 15.4. The van der Waals surface area contributed by atoms with Crippen LogP contribution in [0.3, 0.4) is 0 Å². The number of carbonyl (C=O) groups is 1. The van der Waals surface area contributed by atoms with E-state index < -0.39 is 0 Å². The van der Waals surface area contributed by atoms with Crippen molar-refractivity contribution in [3.63, 3.8) is 0 Å². The van der Waals surface area contributed by atoms with Crippen LogP contribution in [0, 0.1) is 6.92 Å². The third kappa shape index (κ3) is 4.50. The monoisotopic (exact) mass is 487 g/mol. The number of fused-ring (bicyclic) bond motifs is 3. The third-order valence-electron chi connectivity index (χ3n) is 6.33. The molecule has 2 heterocycles. The molecule has 0 fully saturated rings. The van der Waals surface area contributed by atoms with Crippen molar-refractivity contribution in [1.82, 2.24) is 4.90 Å². The molecular formula is C29H29NO6.